The van der Waals surface area contributed by atoms with Gasteiger partial charge >= 0.3 is 0 Å². The molecule has 0 radical (unpaired) electrons. The summed E-state index contributed by atoms with van der Waals surface area (Å²) in [5, 5.41) is 3.23. The van der Waals surface area contributed by atoms with Gasteiger partial charge in [0.1, 0.15) is 19.0 Å². The normalized spacial score (nSPS) is 12.5. The molecule has 0 aliphatic carbocycles. The number of nitrogens with one attached hydrogen (secondary N) is 2. The lowest BCUT2D eigenvalue weighted by molar-refractivity contribution is -0.113. The minimum absolute atomic E-state index is 0.170. The highest BCUT2D eigenvalue weighted by Gasteiger charge is 2.14. The Morgan fingerprint density at radius 2 is 1.87 bits per heavy atom. The first-order valence-corrected chi connectivity index (χ1v) is 10.6. The van der Waals surface area contributed by atoms with Crippen LogP contribution in [0.15, 0.2) is 35.1 Å². The summed E-state index contributed by atoms with van der Waals surface area (Å²) < 4.78 is 21.5. The van der Waals surface area contributed by atoms with E-state index in [1.165, 1.54) is 26.0 Å². The Hall–Kier alpha value is -3.40. The third-order valence-electron chi connectivity index (χ3n) is 4.56. The van der Waals surface area contributed by atoms with Gasteiger partial charge in [-0.15, -0.1) is 11.8 Å². The Morgan fingerprint density at radius 1 is 1.13 bits per heavy atom. The molecule has 3 aromatic rings. The number of aromatic nitrogens is 2. The number of anilines is 1. The van der Waals surface area contributed by atoms with Crippen LogP contribution in [-0.2, 0) is 10.5 Å². The quantitative estimate of drug-likeness (QED) is 0.573. The molecule has 0 bridgehead atoms. The van der Waals surface area contributed by atoms with Crippen LogP contribution in [0, 0.1) is 0 Å². The third kappa shape index (κ3) is 4.69. The number of thioether (sulfide) groups is 1. The molecule has 9 nitrogen and oxygen atoms in total. The molecule has 1 amide bonds. The minimum atomic E-state index is -0.276. The largest absolute Gasteiger partial charge is 0.493 e. The third-order valence-corrected chi connectivity index (χ3v) is 5.50. The molecule has 10 heteroatoms. The average Bonchev–Trinajstić information content (AvgIpc) is 2.78. The van der Waals surface area contributed by atoms with Crippen molar-refractivity contribution in [2.75, 3.05) is 38.5 Å². The second-order valence-corrected chi connectivity index (χ2v) is 7.62. The zero-order chi connectivity index (χ0) is 21.8. The highest BCUT2D eigenvalue weighted by Crippen LogP contribution is 2.33. The van der Waals surface area contributed by atoms with Crippen LogP contribution in [-0.4, -0.2) is 49.1 Å². The SMILES string of the molecule is COc1cc2nc(CSCC(=O)Nc3ccc4c(c3)OCCO4)[nH]c(=O)c2cc1OC. The summed E-state index contributed by atoms with van der Waals surface area (Å²) in [6.45, 7) is 0.996. The number of hydrogen-bond acceptors (Lipinski definition) is 8. The summed E-state index contributed by atoms with van der Waals surface area (Å²) in [6, 6.07) is 8.52. The second-order valence-electron chi connectivity index (χ2n) is 6.64. The predicted octanol–water partition coefficient (Wildman–Crippen LogP) is 2.58. The van der Waals surface area contributed by atoms with Gasteiger partial charge in [0.15, 0.2) is 23.0 Å². The van der Waals surface area contributed by atoms with Gasteiger partial charge in [0, 0.05) is 17.8 Å². The summed E-state index contributed by atoms with van der Waals surface area (Å²) in [5.74, 6) is 3.10. The number of aromatic amines is 1. The van der Waals surface area contributed by atoms with Crippen molar-refractivity contribution in [3.63, 3.8) is 0 Å². The first-order chi connectivity index (χ1) is 15.1. The van der Waals surface area contributed by atoms with Crippen molar-refractivity contribution in [2.45, 2.75) is 5.75 Å². The molecule has 0 spiro atoms. The molecule has 2 heterocycles. The molecular weight excluding hydrogens is 422 g/mol. The molecule has 4 rings (SSSR count). The summed E-state index contributed by atoms with van der Waals surface area (Å²) >= 11 is 1.34. The molecule has 1 aliphatic rings. The Labute approximate surface area is 182 Å². The standard InChI is InChI=1S/C21H21N3O6S/c1-27-16-8-13-14(9-17(16)28-2)23-19(24-21(13)26)10-31-11-20(25)22-12-3-4-15-18(7-12)30-6-5-29-15/h3-4,7-9H,5-6,10-11H2,1-2H3,(H,22,25)(H,23,24,26). The number of fused-ring (bicyclic) bond motifs is 2. The molecule has 0 fully saturated rings. The second kappa shape index (κ2) is 9.17. The van der Waals surface area contributed by atoms with E-state index in [0.29, 0.717) is 64.4 Å². The average molecular weight is 443 g/mol. The van der Waals surface area contributed by atoms with E-state index >= 15 is 0 Å². The Morgan fingerprint density at radius 3 is 2.65 bits per heavy atom. The smallest absolute Gasteiger partial charge is 0.258 e. The number of hydrogen-bond donors (Lipinski definition) is 2. The molecule has 0 unspecified atom stereocenters. The topological polar surface area (TPSA) is 112 Å². The Bertz CT molecular complexity index is 1180. The highest BCUT2D eigenvalue weighted by molar-refractivity contribution is 7.99. The molecule has 0 saturated heterocycles. The fraction of sp³-hybridized carbons (Fsp3) is 0.286. The van der Waals surface area contributed by atoms with Gasteiger partial charge in [0.2, 0.25) is 5.91 Å². The van der Waals surface area contributed by atoms with Crippen LogP contribution in [0.25, 0.3) is 10.9 Å². The van der Waals surface area contributed by atoms with Gasteiger partial charge in [-0.2, -0.15) is 0 Å². The van der Waals surface area contributed by atoms with E-state index in [9.17, 15) is 9.59 Å². The van der Waals surface area contributed by atoms with Crippen molar-refractivity contribution in [3.05, 3.63) is 46.5 Å². The van der Waals surface area contributed by atoms with Crippen LogP contribution < -0.4 is 29.8 Å². The molecule has 2 N–H and O–H groups in total. The number of ether oxygens (including phenoxy) is 4. The molecular formula is C21H21N3O6S. The maximum Gasteiger partial charge on any atom is 0.258 e. The fourth-order valence-electron chi connectivity index (χ4n) is 3.14. The maximum absolute atomic E-state index is 12.4. The van der Waals surface area contributed by atoms with E-state index in [1.54, 1.807) is 30.3 Å². The molecule has 1 aliphatic heterocycles. The predicted molar refractivity (Wildman–Crippen MR) is 118 cm³/mol. The van der Waals surface area contributed by atoms with E-state index in [-0.39, 0.29) is 17.2 Å². The number of amides is 1. The van der Waals surface area contributed by atoms with E-state index < -0.39 is 0 Å². The number of rotatable bonds is 7. The molecule has 31 heavy (non-hydrogen) atoms. The lowest BCUT2D eigenvalue weighted by Gasteiger charge is -2.19. The van der Waals surface area contributed by atoms with Crippen molar-refractivity contribution >= 4 is 34.3 Å². The number of H-pyrrole nitrogens is 1. The van der Waals surface area contributed by atoms with Crippen molar-refractivity contribution < 1.29 is 23.7 Å². The summed E-state index contributed by atoms with van der Waals surface area (Å²) in [7, 11) is 3.03. The number of nitrogens with zero attached hydrogens (tertiary/aromatic N) is 1. The van der Waals surface area contributed by atoms with Gasteiger partial charge in [-0.25, -0.2) is 4.98 Å². The molecule has 2 aromatic carbocycles. The van der Waals surface area contributed by atoms with E-state index in [0.717, 1.165) is 0 Å². The van der Waals surface area contributed by atoms with Crippen LogP contribution in [0.2, 0.25) is 0 Å². The van der Waals surface area contributed by atoms with Gasteiger partial charge in [0.25, 0.3) is 5.56 Å². The fourth-order valence-corrected chi connectivity index (χ4v) is 3.83. The van der Waals surface area contributed by atoms with E-state index in [2.05, 4.69) is 15.3 Å². The maximum atomic E-state index is 12.4. The zero-order valence-corrected chi connectivity index (χ0v) is 17.8. The van der Waals surface area contributed by atoms with Crippen LogP contribution in [0.5, 0.6) is 23.0 Å². The lowest BCUT2D eigenvalue weighted by atomic mass is 10.2. The van der Waals surface area contributed by atoms with Gasteiger partial charge in [-0.1, -0.05) is 0 Å². The molecule has 0 atom stereocenters. The van der Waals surface area contributed by atoms with E-state index in [4.69, 9.17) is 18.9 Å². The number of methoxy groups -OCH3 is 2. The lowest BCUT2D eigenvalue weighted by Crippen LogP contribution is -2.17. The summed E-state index contributed by atoms with van der Waals surface area (Å²) in [6.07, 6.45) is 0. The van der Waals surface area contributed by atoms with Crippen molar-refractivity contribution in [2.24, 2.45) is 0 Å². The van der Waals surface area contributed by atoms with Crippen molar-refractivity contribution in [1.82, 2.24) is 9.97 Å². The van der Waals surface area contributed by atoms with Crippen LogP contribution in [0.1, 0.15) is 5.82 Å². The summed E-state index contributed by atoms with van der Waals surface area (Å²) in [5.41, 5.74) is 0.855. The number of carbonyl (C=O) groups is 1. The zero-order valence-electron chi connectivity index (χ0n) is 17.0. The van der Waals surface area contributed by atoms with Crippen molar-refractivity contribution in [1.29, 1.82) is 0 Å². The van der Waals surface area contributed by atoms with Gasteiger partial charge in [-0.3, -0.25) is 9.59 Å². The monoisotopic (exact) mass is 443 g/mol. The van der Waals surface area contributed by atoms with Crippen LogP contribution >= 0.6 is 11.8 Å². The minimum Gasteiger partial charge on any atom is -0.493 e. The van der Waals surface area contributed by atoms with Crippen molar-refractivity contribution in [3.8, 4) is 23.0 Å². The first-order valence-electron chi connectivity index (χ1n) is 9.49. The van der Waals surface area contributed by atoms with E-state index in [1.807, 2.05) is 0 Å². The molecule has 162 valence electrons. The first kappa shape index (κ1) is 20.9. The molecule has 0 saturated carbocycles. The molecule has 1 aromatic heterocycles. The van der Waals surface area contributed by atoms with Gasteiger partial charge in [0.05, 0.1) is 36.6 Å². The summed E-state index contributed by atoms with van der Waals surface area (Å²) in [4.78, 5) is 31.9. The Kier molecular flexibility index (Phi) is 6.17. The highest BCUT2D eigenvalue weighted by atomic mass is 32.2. The Balaban J connectivity index is 1.38. The number of benzene rings is 2. The van der Waals surface area contributed by atoms with Crippen LogP contribution in [0.4, 0.5) is 5.69 Å². The van der Waals surface area contributed by atoms with Gasteiger partial charge in [-0.05, 0) is 18.2 Å². The number of carbonyl (C=O) groups excluding carboxylic acids is 1. The van der Waals surface area contributed by atoms with Crippen LogP contribution in [0.3, 0.4) is 0 Å². The van der Waals surface area contributed by atoms with Gasteiger partial charge < -0.3 is 29.2 Å².